The molecular formula is C10H15NO2. The van der Waals surface area contributed by atoms with Crippen molar-refractivity contribution in [3.63, 3.8) is 0 Å². The fourth-order valence-electron chi connectivity index (χ4n) is 1.05. The first-order valence-corrected chi connectivity index (χ1v) is 4.62. The zero-order valence-corrected chi connectivity index (χ0v) is 7.66. The molecule has 2 rings (SSSR count). The molecule has 1 saturated heterocycles. The van der Waals surface area contributed by atoms with Crippen molar-refractivity contribution in [2.75, 3.05) is 13.2 Å². The average Bonchev–Trinajstić information content (AvgIpc) is 2.48. The summed E-state index contributed by atoms with van der Waals surface area (Å²) in [5, 5.41) is 2.46. The molecule has 1 fully saturated rings. The predicted molar refractivity (Wildman–Crippen MR) is 51.5 cm³/mol. The van der Waals surface area contributed by atoms with Crippen LogP contribution in [0.25, 0.3) is 0 Å². The lowest BCUT2D eigenvalue weighted by molar-refractivity contribution is 0.178. The summed E-state index contributed by atoms with van der Waals surface area (Å²) in [6, 6.07) is 0. The molecule has 72 valence electrons. The van der Waals surface area contributed by atoms with Gasteiger partial charge in [0.15, 0.2) is 0 Å². The van der Waals surface area contributed by atoms with Gasteiger partial charge in [0.05, 0.1) is 6.54 Å². The molecule has 13 heavy (non-hydrogen) atoms. The molecule has 1 N–H and O–H groups in total. The van der Waals surface area contributed by atoms with Crippen molar-refractivity contribution in [3.8, 4) is 0 Å². The molecule has 0 unspecified atom stereocenters. The summed E-state index contributed by atoms with van der Waals surface area (Å²) in [7, 11) is 0. The summed E-state index contributed by atoms with van der Waals surface area (Å²) in [4.78, 5) is 9.91. The van der Waals surface area contributed by atoms with Gasteiger partial charge in [0.25, 0.3) is 0 Å². The highest BCUT2D eigenvalue weighted by Gasteiger charge is 2.06. The molecule has 0 bridgehead atoms. The van der Waals surface area contributed by atoms with Crippen LogP contribution in [0.3, 0.4) is 0 Å². The second-order valence-corrected chi connectivity index (χ2v) is 2.85. The van der Waals surface area contributed by atoms with Crippen LogP contribution >= 0.6 is 0 Å². The molecule has 0 spiro atoms. The van der Waals surface area contributed by atoms with E-state index in [1.54, 1.807) is 0 Å². The van der Waals surface area contributed by atoms with Gasteiger partial charge >= 0.3 is 6.09 Å². The Kier molecular flexibility index (Phi) is 4.76. The van der Waals surface area contributed by atoms with Gasteiger partial charge in [-0.05, 0) is 19.3 Å². The molecule has 1 amide bonds. The largest absolute Gasteiger partial charge is 0.448 e. The first-order valence-electron chi connectivity index (χ1n) is 4.62. The topological polar surface area (TPSA) is 38.3 Å². The van der Waals surface area contributed by atoms with Crippen LogP contribution in [0.1, 0.15) is 19.3 Å². The van der Waals surface area contributed by atoms with E-state index in [9.17, 15) is 4.79 Å². The summed E-state index contributed by atoms with van der Waals surface area (Å²) in [5.41, 5.74) is 0. The number of amides is 1. The van der Waals surface area contributed by atoms with Crippen LogP contribution in [0, 0.1) is 0 Å². The predicted octanol–water partition coefficient (Wildman–Crippen LogP) is 2.01. The first kappa shape index (κ1) is 9.84. The van der Waals surface area contributed by atoms with E-state index in [4.69, 9.17) is 0 Å². The molecule has 0 atom stereocenters. The van der Waals surface area contributed by atoms with Gasteiger partial charge < -0.3 is 10.1 Å². The summed E-state index contributed by atoms with van der Waals surface area (Å²) < 4.78 is 4.40. The Morgan fingerprint density at radius 2 is 1.92 bits per heavy atom. The smallest absolute Gasteiger partial charge is 0.407 e. The maximum atomic E-state index is 9.91. The summed E-state index contributed by atoms with van der Waals surface area (Å²) in [6.45, 7) is 1.19. The maximum absolute atomic E-state index is 9.91. The number of carbonyl (C=O) groups excluding carboxylic acids is 1. The highest BCUT2D eigenvalue weighted by atomic mass is 16.6. The van der Waals surface area contributed by atoms with Gasteiger partial charge in [0.1, 0.15) is 6.61 Å². The summed E-state index contributed by atoms with van der Waals surface area (Å²) in [6.07, 6.45) is 12.2. The van der Waals surface area contributed by atoms with Gasteiger partial charge in [0.2, 0.25) is 0 Å². The molecule has 3 heteroatoms. The molecular weight excluding hydrogens is 166 g/mol. The number of rotatable bonds is 0. The van der Waals surface area contributed by atoms with Crippen LogP contribution in [0.5, 0.6) is 0 Å². The molecule has 0 saturated carbocycles. The molecule has 1 aliphatic carbocycles. The van der Waals surface area contributed by atoms with E-state index in [2.05, 4.69) is 34.4 Å². The lowest BCUT2D eigenvalue weighted by atomic mass is 10.2. The fourth-order valence-corrected chi connectivity index (χ4v) is 1.05. The summed E-state index contributed by atoms with van der Waals surface area (Å²) >= 11 is 0. The second kappa shape index (κ2) is 6.29. The Balaban J connectivity index is 0.000000132. The third-order valence-electron chi connectivity index (χ3n) is 1.73. The third kappa shape index (κ3) is 5.06. The number of hydrogen-bond acceptors (Lipinski definition) is 2. The SMILES string of the molecule is C1=CCCCC=C1.O=C1NCCO1. The zero-order valence-electron chi connectivity index (χ0n) is 7.66. The van der Waals surface area contributed by atoms with E-state index >= 15 is 0 Å². The third-order valence-corrected chi connectivity index (χ3v) is 1.73. The van der Waals surface area contributed by atoms with E-state index in [1.165, 1.54) is 19.3 Å². The van der Waals surface area contributed by atoms with E-state index in [0.717, 1.165) is 0 Å². The van der Waals surface area contributed by atoms with Crippen LogP contribution in [-0.4, -0.2) is 19.2 Å². The normalized spacial score (nSPS) is 19.5. The molecule has 2 aliphatic rings. The van der Waals surface area contributed by atoms with E-state index < -0.39 is 0 Å². The van der Waals surface area contributed by atoms with E-state index in [1.807, 2.05) is 0 Å². The molecule has 3 nitrogen and oxygen atoms in total. The average molecular weight is 181 g/mol. The highest BCUT2D eigenvalue weighted by molar-refractivity contribution is 5.68. The molecule has 1 heterocycles. The van der Waals surface area contributed by atoms with E-state index in [-0.39, 0.29) is 6.09 Å². The minimum absolute atomic E-state index is 0.296. The van der Waals surface area contributed by atoms with Gasteiger partial charge in [-0.1, -0.05) is 24.3 Å². The van der Waals surface area contributed by atoms with Crippen molar-refractivity contribution in [2.24, 2.45) is 0 Å². The maximum Gasteiger partial charge on any atom is 0.407 e. The Hall–Kier alpha value is -1.25. The number of hydrogen-bond donors (Lipinski definition) is 1. The number of cyclic esters (lactones) is 1. The quantitative estimate of drug-likeness (QED) is 0.620. The van der Waals surface area contributed by atoms with Crippen LogP contribution in [0.2, 0.25) is 0 Å². The molecule has 1 aliphatic heterocycles. The number of allylic oxidation sites excluding steroid dienone is 4. The van der Waals surface area contributed by atoms with Crippen molar-refractivity contribution in [3.05, 3.63) is 24.3 Å². The van der Waals surface area contributed by atoms with Crippen molar-refractivity contribution in [2.45, 2.75) is 19.3 Å². The van der Waals surface area contributed by atoms with Crippen LogP contribution in [0.15, 0.2) is 24.3 Å². The van der Waals surface area contributed by atoms with Crippen molar-refractivity contribution in [1.82, 2.24) is 5.32 Å². The van der Waals surface area contributed by atoms with Gasteiger partial charge in [-0.3, -0.25) is 0 Å². The minimum Gasteiger partial charge on any atom is -0.448 e. The Bertz CT molecular complexity index is 189. The molecule has 0 aromatic heterocycles. The van der Waals surface area contributed by atoms with Crippen molar-refractivity contribution < 1.29 is 9.53 Å². The molecule has 0 radical (unpaired) electrons. The number of nitrogens with one attached hydrogen (secondary N) is 1. The number of carbonyl (C=O) groups is 1. The Morgan fingerprint density at radius 1 is 1.23 bits per heavy atom. The second-order valence-electron chi connectivity index (χ2n) is 2.85. The minimum atomic E-state index is -0.296. The van der Waals surface area contributed by atoms with Gasteiger partial charge in [-0.25, -0.2) is 4.79 Å². The van der Waals surface area contributed by atoms with Crippen LogP contribution < -0.4 is 5.32 Å². The monoisotopic (exact) mass is 181 g/mol. The van der Waals surface area contributed by atoms with Gasteiger partial charge in [-0.2, -0.15) is 0 Å². The summed E-state index contributed by atoms with van der Waals surface area (Å²) in [5.74, 6) is 0. The van der Waals surface area contributed by atoms with Crippen LogP contribution in [-0.2, 0) is 4.74 Å². The fraction of sp³-hybridized carbons (Fsp3) is 0.500. The van der Waals surface area contributed by atoms with Crippen LogP contribution in [0.4, 0.5) is 4.79 Å². The van der Waals surface area contributed by atoms with Gasteiger partial charge in [-0.15, -0.1) is 0 Å². The van der Waals surface area contributed by atoms with E-state index in [0.29, 0.717) is 13.2 Å². The lowest BCUT2D eigenvalue weighted by Crippen LogP contribution is -2.11. The zero-order chi connectivity index (χ0) is 9.36. The lowest BCUT2D eigenvalue weighted by Gasteiger charge is -1.81. The highest BCUT2D eigenvalue weighted by Crippen LogP contribution is 2.01. The molecule has 0 aromatic rings. The number of alkyl carbamates (subject to hydrolysis) is 1. The Morgan fingerprint density at radius 3 is 2.31 bits per heavy atom. The van der Waals surface area contributed by atoms with Gasteiger partial charge in [0, 0.05) is 0 Å². The first-order chi connectivity index (χ1) is 6.39. The molecule has 0 aromatic carbocycles. The standard InChI is InChI=1S/C7H10.C3H5NO2/c1-2-4-6-7-5-3-1;5-3-4-1-2-6-3/h1-4H,5-7H2;1-2H2,(H,4,5). The van der Waals surface area contributed by atoms with Crippen molar-refractivity contribution >= 4 is 6.09 Å². The Labute approximate surface area is 78.5 Å². The van der Waals surface area contributed by atoms with Crippen molar-refractivity contribution in [1.29, 1.82) is 0 Å². The number of ether oxygens (including phenoxy) is 1.